The van der Waals surface area contributed by atoms with E-state index in [0.29, 0.717) is 0 Å². The van der Waals surface area contributed by atoms with Gasteiger partial charge in [0, 0.05) is 12.2 Å². The van der Waals surface area contributed by atoms with E-state index in [1.54, 1.807) is 0 Å². The van der Waals surface area contributed by atoms with E-state index in [4.69, 9.17) is 0 Å². The summed E-state index contributed by atoms with van der Waals surface area (Å²) in [7, 11) is 0. The van der Waals surface area contributed by atoms with Crippen molar-refractivity contribution in [1.29, 1.82) is 0 Å². The lowest BCUT2D eigenvalue weighted by molar-refractivity contribution is 0.447. The second-order valence-electron chi connectivity index (χ2n) is 4.12. The summed E-state index contributed by atoms with van der Waals surface area (Å²) in [4.78, 5) is 0. The number of nitrogens with one attached hydrogen (secondary N) is 1. The topological polar surface area (TPSA) is 12.0 Å². The van der Waals surface area contributed by atoms with Gasteiger partial charge in [-0.05, 0) is 30.9 Å². The molecule has 1 aromatic carbocycles. The van der Waals surface area contributed by atoms with Crippen LogP contribution < -0.4 is 5.32 Å². The van der Waals surface area contributed by atoms with Gasteiger partial charge in [0.25, 0.3) is 0 Å². The molecule has 0 aliphatic heterocycles. The molecule has 0 bridgehead atoms. The summed E-state index contributed by atoms with van der Waals surface area (Å²) in [5, 5.41) is 3.45. The molecular formula is C14H23N. The maximum atomic E-state index is 3.45. The molecule has 0 unspecified atom stereocenters. The molecule has 0 spiro atoms. The van der Waals surface area contributed by atoms with Crippen molar-refractivity contribution in [3.05, 3.63) is 30.3 Å². The molecule has 0 saturated heterocycles. The van der Waals surface area contributed by atoms with E-state index in [1.807, 2.05) is 0 Å². The highest BCUT2D eigenvalue weighted by Crippen LogP contribution is 2.14. The fourth-order valence-electron chi connectivity index (χ4n) is 1.88. The first-order valence-electron chi connectivity index (χ1n) is 6.15. The van der Waals surface area contributed by atoms with Crippen LogP contribution in [0, 0.1) is 5.92 Å². The van der Waals surface area contributed by atoms with Crippen molar-refractivity contribution in [1.82, 2.24) is 0 Å². The normalized spacial score (nSPS) is 10.6. The summed E-state index contributed by atoms with van der Waals surface area (Å²) in [5.74, 6) is 0.919. The third kappa shape index (κ3) is 4.87. The monoisotopic (exact) mass is 205 g/mol. The van der Waals surface area contributed by atoms with E-state index in [0.717, 1.165) is 12.5 Å². The second kappa shape index (κ2) is 7.33. The molecule has 0 saturated carbocycles. The maximum Gasteiger partial charge on any atom is 0.0340 e. The fraction of sp³-hybridized carbons (Fsp3) is 0.571. The van der Waals surface area contributed by atoms with Gasteiger partial charge in [-0.3, -0.25) is 0 Å². The van der Waals surface area contributed by atoms with Gasteiger partial charge in [0.2, 0.25) is 0 Å². The van der Waals surface area contributed by atoms with Gasteiger partial charge in [-0.15, -0.1) is 0 Å². The molecule has 1 N–H and O–H groups in total. The Morgan fingerprint density at radius 1 is 1.07 bits per heavy atom. The van der Waals surface area contributed by atoms with Crippen LogP contribution in [0.2, 0.25) is 0 Å². The van der Waals surface area contributed by atoms with E-state index in [9.17, 15) is 0 Å². The molecule has 15 heavy (non-hydrogen) atoms. The number of hydrogen-bond acceptors (Lipinski definition) is 1. The number of rotatable bonds is 7. The third-order valence-electron chi connectivity index (χ3n) is 3.05. The van der Waals surface area contributed by atoms with Crippen LogP contribution in [0.4, 0.5) is 5.69 Å². The lowest BCUT2D eigenvalue weighted by Gasteiger charge is -2.12. The summed E-state index contributed by atoms with van der Waals surface area (Å²) in [5.41, 5.74) is 1.24. The first kappa shape index (κ1) is 12.1. The Balaban J connectivity index is 2.12. The molecule has 1 aromatic rings. The summed E-state index contributed by atoms with van der Waals surface area (Å²) in [6.45, 7) is 5.68. The van der Waals surface area contributed by atoms with Crippen molar-refractivity contribution in [2.24, 2.45) is 5.92 Å². The van der Waals surface area contributed by atoms with Gasteiger partial charge in [0.05, 0.1) is 0 Å². The van der Waals surface area contributed by atoms with Crippen molar-refractivity contribution < 1.29 is 0 Å². The lowest BCUT2D eigenvalue weighted by Crippen LogP contribution is -2.04. The van der Waals surface area contributed by atoms with Crippen molar-refractivity contribution >= 4 is 5.69 Å². The van der Waals surface area contributed by atoms with E-state index in [-0.39, 0.29) is 0 Å². The number of anilines is 1. The molecule has 0 fully saturated rings. The molecule has 0 heterocycles. The molecule has 1 heteroatoms. The van der Waals surface area contributed by atoms with Crippen LogP contribution in [0.5, 0.6) is 0 Å². The average molecular weight is 205 g/mol. The standard InChI is InChI=1S/C14H23N/c1-3-13(4-2)9-8-12-15-14-10-6-5-7-11-14/h5-7,10-11,13,15H,3-4,8-9,12H2,1-2H3. The van der Waals surface area contributed by atoms with Crippen LogP contribution in [0.3, 0.4) is 0 Å². The quantitative estimate of drug-likeness (QED) is 0.654. The Hall–Kier alpha value is -0.980. The van der Waals surface area contributed by atoms with Crippen LogP contribution in [0.15, 0.2) is 30.3 Å². The highest BCUT2D eigenvalue weighted by molar-refractivity contribution is 5.42. The van der Waals surface area contributed by atoms with Crippen molar-refractivity contribution in [3.63, 3.8) is 0 Å². The van der Waals surface area contributed by atoms with Gasteiger partial charge in [-0.1, -0.05) is 44.9 Å². The molecule has 0 aromatic heterocycles. The Morgan fingerprint density at radius 3 is 2.33 bits per heavy atom. The van der Waals surface area contributed by atoms with Gasteiger partial charge in [0.15, 0.2) is 0 Å². The Morgan fingerprint density at radius 2 is 1.73 bits per heavy atom. The van der Waals surface area contributed by atoms with E-state index in [2.05, 4.69) is 49.5 Å². The summed E-state index contributed by atoms with van der Waals surface area (Å²) in [6.07, 6.45) is 5.28. The molecule has 84 valence electrons. The molecule has 0 amide bonds. The molecule has 1 nitrogen and oxygen atoms in total. The van der Waals surface area contributed by atoms with E-state index < -0.39 is 0 Å². The fourth-order valence-corrected chi connectivity index (χ4v) is 1.88. The van der Waals surface area contributed by atoms with Crippen molar-refractivity contribution in [2.75, 3.05) is 11.9 Å². The van der Waals surface area contributed by atoms with Crippen LogP contribution in [0.25, 0.3) is 0 Å². The van der Waals surface area contributed by atoms with Gasteiger partial charge in [-0.25, -0.2) is 0 Å². The third-order valence-corrected chi connectivity index (χ3v) is 3.05. The average Bonchev–Trinajstić information content (AvgIpc) is 2.31. The van der Waals surface area contributed by atoms with Crippen LogP contribution in [-0.4, -0.2) is 6.54 Å². The minimum absolute atomic E-state index is 0.919. The zero-order valence-electron chi connectivity index (χ0n) is 10.00. The summed E-state index contributed by atoms with van der Waals surface area (Å²) < 4.78 is 0. The molecule has 0 atom stereocenters. The second-order valence-corrected chi connectivity index (χ2v) is 4.12. The predicted octanol–water partition coefficient (Wildman–Crippen LogP) is 4.31. The van der Waals surface area contributed by atoms with Crippen LogP contribution in [-0.2, 0) is 0 Å². The SMILES string of the molecule is CCC(CC)CCCNc1ccccc1. The van der Waals surface area contributed by atoms with Crippen molar-refractivity contribution in [2.45, 2.75) is 39.5 Å². The Kier molecular flexibility index (Phi) is 5.91. The first-order valence-corrected chi connectivity index (χ1v) is 6.15. The Bertz CT molecular complexity index is 239. The minimum atomic E-state index is 0.919. The summed E-state index contributed by atoms with van der Waals surface area (Å²) >= 11 is 0. The maximum absolute atomic E-state index is 3.45. The summed E-state index contributed by atoms with van der Waals surface area (Å²) in [6, 6.07) is 10.4. The van der Waals surface area contributed by atoms with Crippen LogP contribution in [0.1, 0.15) is 39.5 Å². The van der Waals surface area contributed by atoms with E-state index >= 15 is 0 Å². The van der Waals surface area contributed by atoms with Gasteiger partial charge in [0.1, 0.15) is 0 Å². The van der Waals surface area contributed by atoms with Crippen LogP contribution >= 0.6 is 0 Å². The smallest absolute Gasteiger partial charge is 0.0340 e. The van der Waals surface area contributed by atoms with Gasteiger partial charge < -0.3 is 5.32 Å². The lowest BCUT2D eigenvalue weighted by atomic mass is 9.98. The number of para-hydroxylation sites is 1. The zero-order valence-corrected chi connectivity index (χ0v) is 10.00. The molecule has 0 aliphatic rings. The molecule has 1 rings (SSSR count). The van der Waals surface area contributed by atoms with E-state index in [1.165, 1.54) is 31.4 Å². The van der Waals surface area contributed by atoms with Gasteiger partial charge in [-0.2, -0.15) is 0 Å². The highest BCUT2D eigenvalue weighted by atomic mass is 14.9. The Labute approximate surface area is 93.9 Å². The molecule has 0 radical (unpaired) electrons. The number of benzene rings is 1. The van der Waals surface area contributed by atoms with Gasteiger partial charge >= 0.3 is 0 Å². The highest BCUT2D eigenvalue weighted by Gasteiger charge is 2.01. The zero-order chi connectivity index (χ0) is 10.9. The largest absolute Gasteiger partial charge is 0.385 e. The predicted molar refractivity (Wildman–Crippen MR) is 68.2 cm³/mol. The first-order chi connectivity index (χ1) is 7.36. The molecular weight excluding hydrogens is 182 g/mol. The minimum Gasteiger partial charge on any atom is -0.385 e. The molecule has 0 aliphatic carbocycles. The number of hydrogen-bond donors (Lipinski definition) is 1. The van der Waals surface area contributed by atoms with Crippen molar-refractivity contribution in [3.8, 4) is 0 Å².